The van der Waals surface area contributed by atoms with Crippen LogP contribution in [0.2, 0.25) is 0 Å². The fourth-order valence-corrected chi connectivity index (χ4v) is 2.59. The van der Waals surface area contributed by atoms with Crippen molar-refractivity contribution in [2.45, 2.75) is 6.42 Å². The first-order chi connectivity index (χ1) is 10.7. The van der Waals surface area contributed by atoms with Crippen LogP contribution in [0, 0.1) is 3.57 Å². The molecule has 0 bridgehead atoms. The number of rotatable bonds is 5. The van der Waals surface area contributed by atoms with Gasteiger partial charge in [-0.25, -0.2) is 14.5 Å². The molecule has 3 rings (SSSR count). The van der Waals surface area contributed by atoms with Crippen LogP contribution in [0.4, 0.5) is 5.69 Å². The molecule has 0 saturated carbocycles. The van der Waals surface area contributed by atoms with Crippen molar-refractivity contribution in [1.29, 1.82) is 0 Å². The van der Waals surface area contributed by atoms with Gasteiger partial charge in [-0.05, 0) is 59.0 Å². The molecular weight excluding hydrogens is 391 g/mol. The Morgan fingerprint density at radius 3 is 2.55 bits per heavy atom. The van der Waals surface area contributed by atoms with Gasteiger partial charge in [0, 0.05) is 22.2 Å². The summed E-state index contributed by atoms with van der Waals surface area (Å²) >= 11 is 2.28. The zero-order chi connectivity index (χ0) is 15.4. The van der Waals surface area contributed by atoms with Gasteiger partial charge in [0.1, 0.15) is 5.82 Å². The highest BCUT2D eigenvalue weighted by atomic mass is 127. The van der Waals surface area contributed by atoms with Gasteiger partial charge in [0.15, 0.2) is 0 Å². The second-order valence-corrected chi connectivity index (χ2v) is 6.05. The molecule has 112 valence electrons. The maximum Gasteiger partial charge on any atom is 0.347 e. The molecule has 2 N–H and O–H groups in total. The first-order valence-electron chi connectivity index (χ1n) is 6.95. The van der Waals surface area contributed by atoms with E-state index < -0.39 is 0 Å². The van der Waals surface area contributed by atoms with E-state index in [0.717, 1.165) is 11.4 Å². The summed E-state index contributed by atoms with van der Waals surface area (Å²) in [5.74, 6) is 0.717. The van der Waals surface area contributed by atoms with E-state index in [9.17, 15) is 4.79 Å². The van der Waals surface area contributed by atoms with Crippen LogP contribution in [0.1, 0.15) is 5.82 Å². The highest BCUT2D eigenvalue weighted by Gasteiger charge is 2.09. The van der Waals surface area contributed by atoms with E-state index in [1.54, 1.807) is 4.57 Å². The minimum atomic E-state index is -0.213. The van der Waals surface area contributed by atoms with Crippen molar-refractivity contribution in [3.05, 3.63) is 74.5 Å². The Kier molecular flexibility index (Phi) is 4.57. The zero-order valence-electron chi connectivity index (χ0n) is 11.8. The van der Waals surface area contributed by atoms with Crippen LogP contribution in [0.25, 0.3) is 5.69 Å². The van der Waals surface area contributed by atoms with Crippen LogP contribution in [0.5, 0.6) is 0 Å². The monoisotopic (exact) mass is 406 g/mol. The van der Waals surface area contributed by atoms with Crippen molar-refractivity contribution in [1.82, 2.24) is 14.8 Å². The van der Waals surface area contributed by atoms with E-state index in [4.69, 9.17) is 0 Å². The van der Waals surface area contributed by atoms with Gasteiger partial charge < -0.3 is 5.32 Å². The first-order valence-corrected chi connectivity index (χ1v) is 8.03. The Morgan fingerprint density at radius 2 is 1.82 bits per heavy atom. The van der Waals surface area contributed by atoms with Gasteiger partial charge in [-0.2, -0.15) is 5.10 Å². The van der Waals surface area contributed by atoms with Crippen molar-refractivity contribution < 1.29 is 0 Å². The van der Waals surface area contributed by atoms with E-state index in [1.165, 1.54) is 3.57 Å². The summed E-state index contributed by atoms with van der Waals surface area (Å²) in [5, 5.41) is 9.98. The van der Waals surface area contributed by atoms with Crippen molar-refractivity contribution in [3.8, 4) is 5.69 Å². The van der Waals surface area contributed by atoms with Crippen LogP contribution >= 0.6 is 22.6 Å². The van der Waals surface area contributed by atoms with Gasteiger partial charge in [-0.1, -0.05) is 18.2 Å². The summed E-state index contributed by atoms with van der Waals surface area (Å²) in [4.78, 5) is 11.9. The molecule has 0 radical (unpaired) electrons. The van der Waals surface area contributed by atoms with Gasteiger partial charge in [0.25, 0.3) is 0 Å². The summed E-state index contributed by atoms with van der Waals surface area (Å²) in [7, 11) is 0. The van der Waals surface area contributed by atoms with Gasteiger partial charge in [-0.3, -0.25) is 0 Å². The van der Waals surface area contributed by atoms with E-state index >= 15 is 0 Å². The summed E-state index contributed by atoms with van der Waals surface area (Å²) in [6.07, 6.45) is 0.652. The van der Waals surface area contributed by atoms with Gasteiger partial charge in [-0.15, -0.1) is 0 Å². The number of hydrogen-bond acceptors (Lipinski definition) is 3. The average molecular weight is 406 g/mol. The molecule has 1 heterocycles. The van der Waals surface area contributed by atoms with Gasteiger partial charge in [0.2, 0.25) is 0 Å². The number of hydrogen-bond donors (Lipinski definition) is 2. The summed E-state index contributed by atoms with van der Waals surface area (Å²) < 4.78 is 2.81. The molecule has 0 amide bonds. The molecule has 0 aliphatic rings. The number of benzene rings is 2. The molecule has 2 aromatic carbocycles. The van der Waals surface area contributed by atoms with Crippen molar-refractivity contribution >= 4 is 28.3 Å². The molecule has 6 heteroatoms. The van der Waals surface area contributed by atoms with Crippen molar-refractivity contribution in [2.24, 2.45) is 0 Å². The lowest BCUT2D eigenvalue weighted by Gasteiger charge is -2.08. The molecule has 0 aliphatic carbocycles. The number of halogens is 1. The van der Waals surface area contributed by atoms with E-state index in [1.807, 2.05) is 42.5 Å². The number of H-pyrrole nitrogens is 1. The molecule has 0 aliphatic heterocycles. The molecule has 0 saturated heterocycles. The van der Waals surface area contributed by atoms with Crippen molar-refractivity contribution in [3.63, 3.8) is 0 Å². The molecule has 0 spiro atoms. The fraction of sp³-hybridized carbons (Fsp3) is 0.125. The number of aromatic nitrogens is 3. The van der Waals surface area contributed by atoms with Crippen LogP contribution in [-0.4, -0.2) is 21.3 Å². The topological polar surface area (TPSA) is 62.7 Å². The Labute approximate surface area is 141 Å². The van der Waals surface area contributed by atoms with E-state index in [-0.39, 0.29) is 5.69 Å². The minimum Gasteiger partial charge on any atom is -0.385 e. The predicted molar refractivity (Wildman–Crippen MR) is 95.5 cm³/mol. The van der Waals surface area contributed by atoms with E-state index in [2.05, 4.69) is 50.2 Å². The molecule has 0 unspecified atom stereocenters. The Balaban J connectivity index is 1.71. The predicted octanol–water partition coefficient (Wildman–Crippen LogP) is 2.82. The lowest BCUT2D eigenvalue weighted by molar-refractivity contribution is 0.843. The Morgan fingerprint density at radius 1 is 1.09 bits per heavy atom. The number of anilines is 1. The van der Waals surface area contributed by atoms with E-state index in [0.29, 0.717) is 18.8 Å². The second kappa shape index (κ2) is 6.78. The molecule has 0 atom stereocenters. The molecular formula is C16H15IN4O. The third-order valence-corrected chi connectivity index (χ3v) is 4.00. The smallest absolute Gasteiger partial charge is 0.347 e. The quantitative estimate of drug-likeness (QED) is 0.641. The normalized spacial score (nSPS) is 10.6. The molecule has 0 fully saturated rings. The molecule has 3 aromatic rings. The number of para-hydroxylation sites is 1. The largest absolute Gasteiger partial charge is 0.385 e. The standard InChI is InChI=1S/C16H15IN4O/c17-12-6-8-13(9-7-12)18-11-10-15-19-20-16(22)21(15)14-4-2-1-3-5-14/h1-9,18H,10-11H2,(H,20,22). The summed E-state index contributed by atoms with van der Waals surface area (Å²) in [6.45, 7) is 0.706. The number of aromatic amines is 1. The molecule has 1 aromatic heterocycles. The minimum absolute atomic E-state index is 0.213. The third kappa shape index (κ3) is 3.38. The Hall–Kier alpha value is -2.09. The molecule has 22 heavy (non-hydrogen) atoms. The lowest BCUT2D eigenvalue weighted by atomic mass is 10.3. The van der Waals surface area contributed by atoms with Crippen molar-refractivity contribution in [2.75, 3.05) is 11.9 Å². The summed E-state index contributed by atoms with van der Waals surface area (Å²) in [5.41, 5.74) is 1.67. The van der Waals surface area contributed by atoms with Crippen LogP contribution in [-0.2, 0) is 6.42 Å². The first kappa shape index (κ1) is 14.8. The van der Waals surface area contributed by atoms with Crippen LogP contribution in [0.3, 0.4) is 0 Å². The number of nitrogens with zero attached hydrogens (tertiary/aromatic N) is 2. The fourth-order valence-electron chi connectivity index (χ4n) is 2.23. The number of nitrogens with one attached hydrogen (secondary N) is 2. The van der Waals surface area contributed by atoms with Gasteiger partial charge >= 0.3 is 5.69 Å². The summed E-state index contributed by atoms with van der Waals surface area (Å²) in [6, 6.07) is 17.7. The van der Waals surface area contributed by atoms with Crippen LogP contribution in [0.15, 0.2) is 59.4 Å². The Bertz CT molecular complexity index is 793. The van der Waals surface area contributed by atoms with Gasteiger partial charge in [0.05, 0.1) is 5.69 Å². The maximum atomic E-state index is 11.9. The third-order valence-electron chi connectivity index (χ3n) is 3.28. The molecule has 5 nitrogen and oxygen atoms in total. The highest BCUT2D eigenvalue weighted by Crippen LogP contribution is 2.11. The maximum absolute atomic E-state index is 11.9. The lowest BCUT2D eigenvalue weighted by Crippen LogP contribution is -2.18. The SMILES string of the molecule is O=c1[nH]nc(CCNc2ccc(I)cc2)n1-c1ccccc1. The second-order valence-electron chi connectivity index (χ2n) is 4.80. The average Bonchev–Trinajstić information content (AvgIpc) is 2.91. The zero-order valence-corrected chi connectivity index (χ0v) is 13.9. The van der Waals surface area contributed by atoms with Crippen LogP contribution < -0.4 is 11.0 Å². The highest BCUT2D eigenvalue weighted by molar-refractivity contribution is 14.1.